The zero-order chi connectivity index (χ0) is 14.3. The fourth-order valence-electron chi connectivity index (χ4n) is 1.74. The average molecular weight is 276 g/mol. The van der Waals surface area contributed by atoms with Crippen LogP contribution in [-0.4, -0.2) is 30.2 Å². The molecule has 0 aliphatic carbocycles. The predicted octanol–water partition coefficient (Wildman–Crippen LogP) is 3.16. The molecule has 0 bridgehead atoms. The van der Waals surface area contributed by atoms with Gasteiger partial charge in [-0.25, -0.2) is 0 Å². The Morgan fingerprint density at radius 2 is 2.16 bits per heavy atom. The molecule has 0 fully saturated rings. The van der Waals surface area contributed by atoms with Crippen LogP contribution < -0.4 is 0 Å². The largest absolute Gasteiger partial charge is 0.345 e. The van der Waals surface area contributed by atoms with Crippen molar-refractivity contribution in [2.75, 3.05) is 19.3 Å². The van der Waals surface area contributed by atoms with Gasteiger partial charge in [0.1, 0.15) is 0 Å². The molecule has 0 radical (unpaired) electrons. The third kappa shape index (κ3) is 5.35. The molecular weight excluding hydrogens is 256 g/mol. The number of nitriles is 1. The summed E-state index contributed by atoms with van der Waals surface area (Å²) < 4.78 is 0. The van der Waals surface area contributed by atoms with Crippen molar-refractivity contribution in [3.05, 3.63) is 29.3 Å². The minimum Gasteiger partial charge on any atom is -0.345 e. The Kier molecular flexibility index (Phi) is 6.44. The first-order chi connectivity index (χ1) is 9.04. The zero-order valence-corrected chi connectivity index (χ0v) is 12.6. The second kappa shape index (κ2) is 7.85. The molecular formula is C15H20N2OS. The number of hydrogen-bond donors (Lipinski definition) is 0. The molecule has 3 nitrogen and oxygen atoms in total. The van der Waals surface area contributed by atoms with Gasteiger partial charge in [0.05, 0.1) is 12.5 Å². The van der Waals surface area contributed by atoms with Crippen LogP contribution >= 0.6 is 11.8 Å². The van der Waals surface area contributed by atoms with Crippen LogP contribution in [0.5, 0.6) is 0 Å². The van der Waals surface area contributed by atoms with Crippen molar-refractivity contribution in [1.82, 2.24) is 4.90 Å². The molecule has 0 unspecified atom stereocenters. The molecule has 0 atom stereocenters. The highest BCUT2D eigenvalue weighted by Gasteiger charge is 2.08. The highest BCUT2D eigenvalue weighted by atomic mass is 32.2. The van der Waals surface area contributed by atoms with E-state index in [1.807, 2.05) is 6.07 Å². The number of nitrogens with zero attached hydrogens (tertiary/aromatic N) is 2. The van der Waals surface area contributed by atoms with Gasteiger partial charge in [-0.15, -0.1) is 11.8 Å². The zero-order valence-electron chi connectivity index (χ0n) is 11.8. The highest BCUT2D eigenvalue weighted by Crippen LogP contribution is 2.23. The first kappa shape index (κ1) is 15.6. The van der Waals surface area contributed by atoms with Crippen molar-refractivity contribution in [3.63, 3.8) is 0 Å². The van der Waals surface area contributed by atoms with Crippen LogP contribution in [-0.2, 0) is 4.79 Å². The normalized spacial score (nSPS) is 10.0. The minimum absolute atomic E-state index is 0.104. The first-order valence-corrected chi connectivity index (χ1v) is 7.34. The molecule has 1 rings (SSSR count). The Morgan fingerprint density at radius 1 is 1.42 bits per heavy atom. The van der Waals surface area contributed by atoms with Crippen LogP contribution in [0.25, 0.3) is 0 Å². The molecule has 0 N–H and O–H groups in total. The molecule has 1 amide bonds. The first-order valence-electron chi connectivity index (χ1n) is 6.35. The van der Waals surface area contributed by atoms with Crippen molar-refractivity contribution >= 4 is 17.7 Å². The Bertz CT molecular complexity index is 480. The smallest absolute Gasteiger partial charge is 0.223 e. The number of aryl methyl sites for hydroxylation is 2. The molecule has 1 aromatic carbocycles. The van der Waals surface area contributed by atoms with Crippen LogP contribution in [0.1, 0.15) is 24.0 Å². The van der Waals surface area contributed by atoms with E-state index >= 15 is 0 Å². The standard InChI is InChI=1S/C15H20N2OS/c1-12-5-6-14(13(2)11-12)19-10-7-15(18)17(3)9-4-8-16/h5-6,11H,4,7,9-10H2,1-3H3. The summed E-state index contributed by atoms with van der Waals surface area (Å²) >= 11 is 1.71. The number of benzene rings is 1. The molecule has 102 valence electrons. The number of rotatable bonds is 6. The van der Waals surface area contributed by atoms with E-state index in [0.29, 0.717) is 19.4 Å². The second-order valence-corrected chi connectivity index (χ2v) is 5.73. The van der Waals surface area contributed by atoms with Gasteiger partial charge in [-0.05, 0) is 25.5 Å². The van der Waals surface area contributed by atoms with Crippen molar-refractivity contribution in [2.24, 2.45) is 0 Å². The maximum absolute atomic E-state index is 11.8. The summed E-state index contributed by atoms with van der Waals surface area (Å²) in [6, 6.07) is 8.41. The fraction of sp³-hybridized carbons (Fsp3) is 0.467. The Balaban J connectivity index is 2.38. The molecule has 0 spiro atoms. The fourth-order valence-corrected chi connectivity index (χ4v) is 2.69. The lowest BCUT2D eigenvalue weighted by atomic mass is 10.2. The van der Waals surface area contributed by atoms with Gasteiger partial charge in [-0.2, -0.15) is 5.26 Å². The van der Waals surface area contributed by atoms with Crippen LogP contribution in [0.2, 0.25) is 0 Å². The van der Waals surface area contributed by atoms with E-state index in [4.69, 9.17) is 5.26 Å². The SMILES string of the molecule is Cc1ccc(SCCC(=O)N(C)CCC#N)c(C)c1. The number of carbonyl (C=O) groups is 1. The van der Waals surface area contributed by atoms with Gasteiger partial charge in [0, 0.05) is 30.7 Å². The Morgan fingerprint density at radius 3 is 2.79 bits per heavy atom. The minimum atomic E-state index is 0.104. The molecule has 0 heterocycles. The summed E-state index contributed by atoms with van der Waals surface area (Å²) in [6.07, 6.45) is 0.909. The van der Waals surface area contributed by atoms with Gasteiger partial charge >= 0.3 is 0 Å². The number of amides is 1. The van der Waals surface area contributed by atoms with Gasteiger partial charge < -0.3 is 4.90 Å². The van der Waals surface area contributed by atoms with E-state index in [9.17, 15) is 4.79 Å². The van der Waals surface area contributed by atoms with Crippen molar-refractivity contribution in [2.45, 2.75) is 31.6 Å². The van der Waals surface area contributed by atoms with Gasteiger partial charge in [-0.1, -0.05) is 17.7 Å². The van der Waals surface area contributed by atoms with Gasteiger partial charge in [0.2, 0.25) is 5.91 Å². The van der Waals surface area contributed by atoms with E-state index in [1.165, 1.54) is 16.0 Å². The summed E-state index contributed by atoms with van der Waals surface area (Å²) in [7, 11) is 1.75. The molecule has 1 aromatic rings. The molecule has 0 aliphatic heterocycles. The summed E-state index contributed by atoms with van der Waals surface area (Å²) in [4.78, 5) is 14.6. The van der Waals surface area contributed by atoms with Crippen LogP contribution in [0, 0.1) is 25.2 Å². The molecule has 4 heteroatoms. The van der Waals surface area contributed by atoms with E-state index in [-0.39, 0.29) is 5.91 Å². The Hall–Kier alpha value is -1.47. The lowest BCUT2D eigenvalue weighted by Crippen LogP contribution is -2.27. The predicted molar refractivity (Wildman–Crippen MR) is 79.1 cm³/mol. The van der Waals surface area contributed by atoms with Crippen molar-refractivity contribution < 1.29 is 4.79 Å². The quantitative estimate of drug-likeness (QED) is 0.750. The second-order valence-electron chi connectivity index (χ2n) is 4.59. The monoisotopic (exact) mass is 276 g/mol. The lowest BCUT2D eigenvalue weighted by Gasteiger charge is -2.15. The molecule has 19 heavy (non-hydrogen) atoms. The van der Waals surface area contributed by atoms with Crippen LogP contribution in [0.15, 0.2) is 23.1 Å². The maximum atomic E-state index is 11.8. The van der Waals surface area contributed by atoms with E-state index in [0.717, 1.165) is 5.75 Å². The average Bonchev–Trinajstić information content (AvgIpc) is 2.38. The maximum Gasteiger partial charge on any atom is 0.223 e. The molecule has 0 aliphatic rings. The summed E-state index contributed by atoms with van der Waals surface area (Å²) in [5.74, 6) is 0.882. The summed E-state index contributed by atoms with van der Waals surface area (Å²) in [5.41, 5.74) is 2.52. The highest BCUT2D eigenvalue weighted by molar-refractivity contribution is 7.99. The van der Waals surface area contributed by atoms with Crippen molar-refractivity contribution in [1.29, 1.82) is 5.26 Å². The lowest BCUT2D eigenvalue weighted by molar-refractivity contribution is -0.129. The van der Waals surface area contributed by atoms with E-state index < -0.39 is 0 Å². The number of hydrogen-bond acceptors (Lipinski definition) is 3. The van der Waals surface area contributed by atoms with Crippen LogP contribution in [0.3, 0.4) is 0 Å². The van der Waals surface area contributed by atoms with E-state index in [2.05, 4.69) is 32.0 Å². The molecule has 0 saturated heterocycles. The number of thioether (sulfide) groups is 1. The van der Waals surface area contributed by atoms with Gasteiger partial charge in [-0.3, -0.25) is 4.79 Å². The third-order valence-corrected chi connectivity index (χ3v) is 4.07. The number of carbonyl (C=O) groups excluding carboxylic acids is 1. The molecule has 0 aromatic heterocycles. The molecule has 0 saturated carbocycles. The van der Waals surface area contributed by atoms with Crippen molar-refractivity contribution in [3.8, 4) is 6.07 Å². The summed E-state index contributed by atoms with van der Waals surface area (Å²) in [5, 5.41) is 8.48. The third-order valence-electron chi connectivity index (χ3n) is 2.89. The van der Waals surface area contributed by atoms with Crippen LogP contribution in [0.4, 0.5) is 0 Å². The summed E-state index contributed by atoms with van der Waals surface area (Å²) in [6.45, 7) is 4.69. The van der Waals surface area contributed by atoms with Gasteiger partial charge in [0.25, 0.3) is 0 Å². The topological polar surface area (TPSA) is 44.1 Å². The van der Waals surface area contributed by atoms with E-state index in [1.54, 1.807) is 23.7 Å². The van der Waals surface area contributed by atoms with Gasteiger partial charge in [0.15, 0.2) is 0 Å². The Labute approximate surface area is 119 Å².